The fraction of sp³-hybridized carbons (Fsp3) is 0.600. The first-order valence-electron chi connectivity index (χ1n) is 4.85. The van der Waals surface area contributed by atoms with Crippen molar-refractivity contribution in [2.24, 2.45) is 16.1 Å². The molecule has 0 saturated carbocycles. The first-order chi connectivity index (χ1) is 6.77. The van der Waals surface area contributed by atoms with Gasteiger partial charge in [-0.3, -0.25) is 10.1 Å². The Kier molecular flexibility index (Phi) is 4.84. The summed E-state index contributed by atoms with van der Waals surface area (Å²) in [4.78, 5) is 15.4. The van der Waals surface area contributed by atoms with Gasteiger partial charge in [-0.05, 0) is 6.92 Å². The van der Waals surface area contributed by atoms with E-state index in [2.05, 4.69) is 22.2 Å². The van der Waals surface area contributed by atoms with Crippen molar-refractivity contribution in [2.75, 3.05) is 6.54 Å². The number of nitrogens with zero attached hydrogens (tertiary/aromatic N) is 1. The zero-order chi connectivity index (χ0) is 12.1. The van der Waals surface area contributed by atoms with Gasteiger partial charge in [0.2, 0.25) is 11.9 Å². The van der Waals surface area contributed by atoms with E-state index in [1.807, 2.05) is 6.92 Å². The van der Waals surface area contributed by atoms with Gasteiger partial charge in [0.15, 0.2) is 0 Å². The highest BCUT2D eigenvalue weighted by atomic mass is 16.2. The molecule has 0 heterocycles. The summed E-state index contributed by atoms with van der Waals surface area (Å²) in [7, 11) is 0. The quantitative estimate of drug-likeness (QED) is 0.472. The Morgan fingerprint density at radius 1 is 1.47 bits per heavy atom. The van der Waals surface area contributed by atoms with Crippen LogP contribution in [0.2, 0.25) is 0 Å². The maximum atomic E-state index is 11.5. The smallest absolute Gasteiger partial charge is 0.232 e. The molecular weight excluding hydrogens is 192 g/mol. The molecule has 86 valence electrons. The number of hydrogen-bond donors (Lipinski definition) is 3. The second-order valence-electron chi connectivity index (χ2n) is 4.18. The zero-order valence-corrected chi connectivity index (χ0v) is 9.85. The first kappa shape index (κ1) is 13.5. The summed E-state index contributed by atoms with van der Waals surface area (Å²) in [5.41, 5.74) is 5.03. The minimum atomic E-state index is -0.486. The predicted octanol–water partition coefficient (Wildman–Crippen LogP) is 0.544. The monoisotopic (exact) mass is 212 g/mol. The molecule has 0 unspecified atom stereocenters. The van der Waals surface area contributed by atoms with Gasteiger partial charge >= 0.3 is 0 Å². The highest BCUT2D eigenvalue weighted by molar-refractivity contribution is 5.98. The molecule has 5 nitrogen and oxygen atoms in total. The topological polar surface area (TPSA) is 79.5 Å². The summed E-state index contributed by atoms with van der Waals surface area (Å²) in [5, 5.41) is 5.37. The maximum absolute atomic E-state index is 11.5. The number of hydrogen-bond acceptors (Lipinski definition) is 3. The summed E-state index contributed by atoms with van der Waals surface area (Å²) >= 11 is 0. The summed E-state index contributed by atoms with van der Waals surface area (Å²) < 4.78 is 0. The van der Waals surface area contributed by atoms with Crippen molar-refractivity contribution < 1.29 is 4.79 Å². The molecule has 0 aliphatic rings. The summed E-state index contributed by atoms with van der Waals surface area (Å²) in [5.74, 6) is 0.318. The van der Waals surface area contributed by atoms with E-state index in [0.29, 0.717) is 12.4 Å². The van der Waals surface area contributed by atoms with Gasteiger partial charge in [-0.2, -0.15) is 4.99 Å². The van der Waals surface area contributed by atoms with Gasteiger partial charge in [0, 0.05) is 12.0 Å². The van der Waals surface area contributed by atoms with Gasteiger partial charge in [-0.1, -0.05) is 27.4 Å². The average molecular weight is 212 g/mol. The van der Waals surface area contributed by atoms with Crippen molar-refractivity contribution in [3.63, 3.8) is 0 Å². The highest BCUT2D eigenvalue weighted by Gasteiger charge is 2.21. The standard InChI is InChI=1S/C10H20N4O/c1-6-12-7(2)13-9(11)14-8(15)10(3,4)5/h12H,2,6H2,1,3-5H3,(H3,11,13,14,15). The van der Waals surface area contributed by atoms with Crippen LogP contribution >= 0.6 is 0 Å². The van der Waals surface area contributed by atoms with Crippen LogP contribution in [-0.4, -0.2) is 18.4 Å². The van der Waals surface area contributed by atoms with Crippen LogP contribution in [0, 0.1) is 5.41 Å². The largest absolute Gasteiger partial charge is 0.371 e. The molecule has 0 aliphatic heterocycles. The van der Waals surface area contributed by atoms with Crippen LogP contribution in [0.1, 0.15) is 27.7 Å². The number of amides is 1. The number of nitrogens with two attached hydrogens (primary N) is 1. The van der Waals surface area contributed by atoms with E-state index in [9.17, 15) is 4.79 Å². The summed E-state index contributed by atoms with van der Waals surface area (Å²) in [6.45, 7) is 11.7. The molecule has 15 heavy (non-hydrogen) atoms. The molecule has 5 heteroatoms. The van der Waals surface area contributed by atoms with Gasteiger partial charge in [0.25, 0.3) is 0 Å². The van der Waals surface area contributed by atoms with Crippen molar-refractivity contribution in [3.05, 3.63) is 12.4 Å². The fourth-order valence-corrected chi connectivity index (χ4v) is 0.721. The molecule has 0 aromatic carbocycles. The van der Waals surface area contributed by atoms with Crippen LogP contribution in [0.4, 0.5) is 0 Å². The molecule has 0 aliphatic carbocycles. The molecule has 0 radical (unpaired) electrons. The van der Waals surface area contributed by atoms with E-state index < -0.39 is 5.41 Å². The van der Waals surface area contributed by atoms with E-state index in [1.54, 1.807) is 20.8 Å². The average Bonchev–Trinajstić information content (AvgIpc) is 2.01. The van der Waals surface area contributed by atoms with Crippen molar-refractivity contribution in [3.8, 4) is 0 Å². The highest BCUT2D eigenvalue weighted by Crippen LogP contribution is 2.11. The molecule has 0 aromatic heterocycles. The molecule has 0 saturated heterocycles. The predicted molar refractivity (Wildman–Crippen MR) is 62.0 cm³/mol. The zero-order valence-electron chi connectivity index (χ0n) is 9.85. The summed E-state index contributed by atoms with van der Waals surface area (Å²) in [6, 6.07) is 0. The van der Waals surface area contributed by atoms with E-state index in [4.69, 9.17) is 5.73 Å². The van der Waals surface area contributed by atoms with Crippen LogP contribution in [0.25, 0.3) is 0 Å². The second kappa shape index (κ2) is 5.38. The maximum Gasteiger partial charge on any atom is 0.232 e. The number of carbonyl (C=O) groups excluding carboxylic acids is 1. The van der Waals surface area contributed by atoms with Crippen molar-refractivity contribution in [1.29, 1.82) is 0 Å². The lowest BCUT2D eigenvalue weighted by Gasteiger charge is -2.17. The Balaban J connectivity index is 4.31. The second-order valence-corrected chi connectivity index (χ2v) is 4.18. The lowest BCUT2D eigenvalue weighted by Crippen LogP contribution is -2.43. The lowest BCUT2D eigenvalue weighted by atomic mass is 9.96. The van der Waals surface area contributed by atoms with E-state index in [0.717, 1.165) is 0 Å². The molecule has 4 N–H and O–H groups in total. The third-order valence-electron chi connectivity index (χ3n) is 1.56. The lowest BCUT2D eigenvalue weighted by molar-refractivity contribution is -0.126. The van der Waals surface area contributed by atoms with Crippen LogP contribution in [0.3, 0.4) is 0 Å². The van der Waals surface area contributed by atoms with Gasteiger partial charge in [-0.15, -0.1) is 0 Å². The third kappa shape index (κ3) is 5.72. The molecular formula is C10H20N4O. The summed E-state index contributed by atoms with van der Waals surface area (Å²) in [6.07, 6.45) is 0. The van der Waals surface area contributed by atoms with Crippen LogP contribution in [0.5, 0.6) is 0 Å². The van der Waals surface area contributed by atoms with Crippen LogP contribution in [-0.2, 0) is 4.79 Å². The number of guanidine groups is 1. The molecule has 0 atom stereocenters. The Morgan fingerprint density at radius 2 is 2.00 bits per heavy atom. The van der Waals surface area contributed by atoms with Crippen LogP contribution in [0.15, 0.2) is 17.4 Å². The minimum Gasteiger partial charge on any atom is -0.371 e. The SMILES string of the molecule is C=C(/N=C(\N)NC(=O)C(C)(C)C)NCC. The van der Waals surface area contributed by atoms with Gasteiger partial charge in [0.1, 0.15) is 5.82 Å². The Morgan fingerprint density at radius 3 is 2.40 bits per heavy atom. The molecule has 0 fully saturated rings. The number of carbonyl (C=O) groups is 1. The van der Waals surface area contributed by atoms with Crippen LogP contribution < -0.4 is 16.4 Å². The minimum absolute atomic E-state index is 0.0564. The first-order valence-corrected chi connectivity index (χ1v) is 4.85. The van der Waals surface area contributed by atoms with Gasteiger partial charge in [0.05, 0.1) is 0 Å². The van der Waals surface area contributed by atoms with Crippen molar-refractivity contribution >= 4 is 11.9 Å². The van der Waals surface area contributed by atoms with E-state index >= 15 is 0 Å². The van der Waals surface area contributed by atoms with Crippen molar-refractivity contribution in [1.82, 2.24) is 10.6 Å². The molecule has 1 amide bonds. The van der Waals surface area contributed by atoms with Crippen molar-refractivity contribution in [2.45, 2.75) is 27.7 Å². The Bertz CT molecular complexity index is 276. The van der Waals surface area contributed by atoms with Gasteiger partial charge in [-0.25, -0.2) is 0 Å². The molecule has 0 aromatic rings. The Hall–Kier alpha value is -1.52. The normalized spacial score (nSPS) is 12.1. The fourth-order valence-electron chi connectivity index (χ4n) is 0.721. The number of aliphatic imine (C=N–C) groups is 1. The van der Waals surface area contributed by atoms with E-state index in [1.165, 1.54) is 0 Å². The van der Waals surface area contributed by atoms with E-state index in [-0.39, 0.29) is 11.9 Å². The third-order valence-corrected chi connectivity index (χ3v) is 1.56. The molecule has 0 spiro atoms. The number of nitrogens with one attached hydrogen (secondary N) is 2. The van der Waals surface area contributed by atoms with Gasteiger partial charge < -0.3 is 11.1 Å². The Labute approximate surface area is 90.8 Å². The number of rotatable bonds is 3. The molecule has 0 rings (SSSR count). The molecule has 0 bridgehead atoms.